The molecule has 0 N–H and O–H groups in total. The normalized spacial score (nSPS) is 12.2. The van der Waals surface area contributed by atoms with E-state index in [1.807, 2.05) is 13.8 Å². The molecule has 29 heavy (non-hydrogen) atoms. The van der Waals surface area contributed by atoms with Crippen molar-refractivity contribution in [3.8, 4) is 0 Å². The van der Waals surface area contributed by atoms with E-state index in [1.165, 1.54) is 24.3 Å². The molecule has 0 heterocycles. The Hall–Kier alpha value is -2.52. The molecule has 0 aliphatic carbocycles. The predicted molar refractivity (Wildman–Crippen MR) is 110 cm³/mol. The van der Waals surface area contributed by atoms with Crippen molar-refractivity contribution in [3.63, 3.8) is 0 Å². The van der Waals surface area contributed by atoms with E-state index in [4.69, 9.17) is 4.84 Å². The number of aryl methyl sites for hydroxylation is 2. The molecule has 0 fully saturated rings. The first-order valence-corrected chi connectivity index (χ1v) is 11.7. The minimum Gasteiger partial charge on any atom is -0.265 e. The summed E-state index contributed by atoms with van der Waals surface area (Å²) in [5.41, 5.74) is 2.33. The van der Waals surface area contributed by atoms with Crippen molar-refractivity contribution in [3.05, 3.63) is 95.6 Å². The summed E-state index contributed by atoms with van der Waals surface area (Å²) in [4.78, 5) is 5.04. The summed E-state index contributed by atoms with van der Waals surface area (Å²) in [7, 11) is -8.96. The van der Waals surface area contributed by atoms with Crippen molar-refractivity contribution in [1.82, 2.24) is 3.87 Å². The molecule has 0 aromatic heterocycles. The maximum absolute atomic E-state index is 13.2. The number of hydrogen-bond acceptors (Lipinski definition) is 5. The Kier molecular flexibility index (Phi) is 6.18. The molecule has 3 aromatic rings. The molecule has 0 aliphatic heterocycles. The zero-order valence-electron chi connectivity index (χ0n) is 16.0. The van der Waals surface area contributed by atoms with Gasteiger partial charge in [0.25, 0.3) is 20.0 Å². The third kappa shape index (κ3) is 4.73. The van der Waals surface area contributed by atoms with Crippen LogP contribution in [0.2, 0.25) is 0 Å². The topological polar surface area (TPSA) is 80.8 Å². The van der Waals surface area contributed by atoms with Crippen LogP contribution in [0, 0.1) is 13.8 Å². The molecule has 0 bridgehead atoms. The highest BCUT2D eigenvalue weighted by molar-refractivity contribution is 8.03. The average molecular weight is 432 g/mol. The third-order valence-electron chi connectivity index (χ3n) is 4.21. The van der Waals surface area contributed by atoms with Gasteiger partial charge in [-0.3, -0.25) is 4.84 Å². The molecule has 152 valence electrons. The second-order valence-corrected chi connectivity index (χ2v) is 10.3. The Morgan fingerprint density at radius 3 is 1.48 bits per heavy atom. The summed E-state index contributed by atoms with van der Waals surface area (Å²) in [5, 5.41) is 0. The van der Waals surface area contributed by atoms with Crippen LogP contribution in [0.3, 0.4) is 0 Å². The van der Waals surface area contributed by atoms with Crippen LogP contribution in [0.1, 0.15) is 16.7 Å². The molecular weight excluding hydrogens is 410 g/mol. The maximum Gasteiger partial charge on any atom is 0.279 e. The summed E-state index contributed by atoms with van der Waals surface area (Å²) in [5.74, 6) is 0. The summed E-state index contributed by atoms with van der Waals surface area (Å²) in [6.45, 7) is 3.39. The van der Waals surface area contributed by atoms with Gasteiger partial charge in [0.2, 0.25) is 0 Å². The van der Waals surface area contributed by atoms with Crippen LogP contribution < -0.4 is 0 Å². The largest absolute Gasteiger partial charge is 0.279 e. The summed E-state index contributed by atoms with van der Waals surface area (Å²) >= 11 is 0. The zero-order valence-corrected chi connectivity index (χ0v) is 17.7. The van der Waals surface area contributed by atoms with E-state index in [9.17, 15) is 16.8 Å². The van der Waals surface area contributed by atoms with Crippen molar-refractivity contribution < 1.29 is 21.7 Å². The highest BCUT2D eigenvalue weighted by Crippen LogP contribution is 2.26. The van der Waals surface area contributed by atoms with Gasteiger partial charge in [-0.15, -0.1) is 0 Å². The number of benzene rings is 3. The van der Waals surface area contributed by atoms with Gasteiger partial charge in [-0.1, -0.05) is 65.7 Å². The van der Waals surface area contributed by atoms with E-state index in [0.29, 0.717) is 5.56 Å². The highest BCUT2D eigenvalue weighted by Gasteiger charge is 2.38. The van der Waals surface area contributed by atoms with Crippen molar-refractivity contribution in [2.45, 2.75) is 30.2 Å². The summed E-state index contributed by atoms with van der Waals surface area (Å²) in [6, 6.07) is 20.6. The number of sulfonamides is 2. The second kappa shape index (κ2) is 8.46. The quantitative estimate of drug-likeness (QED) is 0.532. The standard InChI is InChI=1S/C21H21NO5S2/c1-17-8-12-20(13-9-17)28(23,24)22(27-16-19-6-4-3-5-7-19)29(25,26)21-14-10-18(2)11-15-21/h3-15H,16H2,1-2H3. The van der Waals surface area contributed by atoms with Gasteiger partial charge < -0.3 is 0 Å². The third-order valence-corrected chi connectivity index (χ3v) is 8.12. The lowest BCUT2D eigenvalue weighted by atomic mass is 10.2. The van der Waals surface area contributed by atoms with E-state index in [1.54, 1.807) is 54.6 Å². The fraction of sp³-hybridized carbons (Fsp3) is 0.143. The smallest absolute Gasteiger partial charge is 0.265 e. The highest BCUT2D eigenvalue weighted by atomic mass is 32.3. The molecule has 0 radical (unpaired) electrons. The first-order valence-electron chi connectivity index (χ1n) is 8.82. The Bertz CT molecular complexity index is 1100. The van der Waals surface area contributed by atoms with Crippen molar-refractivity contribution in [2.24, 2.45) is 0 Å². The molecule has 0 atom stereocenters. The summed E-state index contributed by atoms with van der Waals surface area (Å²) in [6.07, 6.45) is 0. The SMILES string of the molecule is Cc1ccc(S(=O)(=O)N(OCc2ccccc2)S(=O)(=O)c2ccc(C)cc2)cc1. The van der Waals surface area contributed by atoms with Gasteiger partial charge in [-0.2, -0.15) is 0 Å². The number of rotatable bonds is 7. The first-order chi connectivity index (χ1) is 13.7. The van der Waals surface area contributed by atoms with Crippen molar-refractivity contribution in [1.29, 1.82) is 0 Å². The van der Waals surface area contributed by atoms with Gasteiger partial charge in [-0.25, -0.2) is 16.8 Å². The molecular formula is C21H21NO5S2. The van der Waals surface area contributed by atoms with E-state index >= 15 is 0 Å². The van der Waals surface area contributed by atoms with Crippen LogP contribution in [0.15, 0.2) is 88.7 Å². The number of nitrogens with zero attached hydrogens (tertiary/aromatic N) is 1. The maximum atomic E-state index is 13.2. The van der Waals surface area contributed by atoms with Gasteiger partial charge in [0.1, 0.15) is 0 Å². The van der Waals surface area contributed by atoms with Gasteiger partial charge in [-0.05, 0) is 43.7 Å². The van der Waals surface area contributed by atoms with Gasteiger partial charge in [0.05, 0.1) is 16.4 Å². The van der Waals surface area contributed by atoms with Gasteiger partial charge in [0, 0.05) is 3.87 Å². The van der Waals surface area contributed by atoms with Crippen LogP contribution >= 0.6 is 0 Å². The molecule has 0 spiro atoms. The molecule has 3 aromatic carbocycles. The van der Waals surface area contributed by atoms with Crippen molar-refractivity contribution in [2.75, 3.05) is 0 Å². The Morgan fingerprint density at radius 2 is 1.07 bits per heavy atom. The lowest BCUT2D eigenvalue weighted by Gasteiger charge is -2.21. The molecule has 0 saturated heterocycles. The Morgan fingerprint density at radius 1 is 0.655 bits per heavy atom. The fourth-order valence-electron chi connectivity index (χ4n) is 2.56. The van der Waals surface area contributed by atoms with Gasteiger partial charge >= 0.3 is 0 Å². The molecule has 6 nitrogen and oxygen atoms in total. The van der Waals surface area contributed by atoms with E-state index in [0.717, 1.165) is 11.1 Å². The molecule has 3 rings (SSSR count). The van der Waals surface area contributed by atoms with E-state index in [2.05, 4.69) is 0 Å². The van der Waals surface area contributed by atoms with Crippen molar-refractivity contribution >= 4 is 20.0 Å². The molecule has 0 saturated carbocycles. The first kappa shape index (κ1) is 21.2. The predicted octanol–water partition coefficient (Wildman–Crippen LogP) is 3.81. The summed E-state index contributed by atoms with van der Waals surface area (Å²) < 4.78 is 52.8. The average Bonchev–Trinajstić information content (AvgIpc) is 2.69. The molecule has 0 aliphatic rings. The minimum absolute atomic E-state index is 0.113. The Balaban J connectivity index is 2.05. The lowest BCUT2D eigenvalue weighted by Crippen LogP contribution is -2.37. The zero-order chi connectivity index (χ0) is 21.1. The van der Waals surface area contributed by atoms with Crippen LogP contribution in [0.5, 0.6) is 0 Å². The number of hydrogen-bond donors (Lipinski definition) is 0. The van der Waals surface area contributed by atoms with E-state index < -0.39 is 20.0 Å². The van der Waals surface area contributed by atoms with Gasteiger partial charge in [0.15, 0.2) is 0 Å². The Labute approximate surface area is 171 Å². The van der Waals surface area contributed by atoms with Crippen LogP contribution in [-0.2, 0) is 31.5 Å². The molecule has 0 unspecified atom stereocenters. The van der Waals surface area contributed by atoms with Crippen LogP contribution in [0.25, 0.3) is 0 Å². The monoisotopic (exact) mass is 431 g/mol. The second-order valence-electron chi connectivity index (χ2n) is 6.56. The molecule has 0 amide bonds. The minimum atomic E-state index is -4.48. The van der Waals surface area contributed by atoms with E-state index in [-0.39, 0.29) is 20.3 Å². The van der Waals surface area contributed by atoms with Crippen LogP contribution in [0.4, 0.5) is 0 Å². The van der Waals surface area contributed by atoms with Crippen LogP contribution in [-0.4, -0.2) is 20.7 Å². The molecule has 8 heteroatoms. The fourth-order valence-corrected chi connectivity index (χ4v) is 5.80. The lowest BCUT2D eigenvalue weighted by molar-refractivity contribution is -0.0284.